The minimum atomic E-state index is -1.17. The van der Waals surface area contributed by atoms with E-state index in [1.54, 1.807) is 27.7 Å². The molecule has 0 aromatic heterocycles. The van der Waals surface area contributed by atoms with Gasteiger partial charge in [-0.15, -0.1) is 0 Å². The smallest absolute Gasteiger partial charge is 0.416 e. The van der Waals surface area contributed by atoms with Gasteiger partial charge in [-0.2, -0.15) is 0 Å². The van der Waals surface area contributed by atoms with E-state index in [1.807, 2.05) is 30.3 Å². The summed E-state index contributed by atoms with van der Waals surface area (Å²) in [5, 5.41) is 0. The number of cyclic esters (lactones) is 1. The van der Waals surface area contributed by atoms with E-state index in [4.69, 9.17) is 9.47 Å². The Morgan fingerprint density at radius 1 is 1.24 bits per heavy atom. The summed E-state index contributed by atoms with van der Waals surface area (Å²) in [6, 6.07) is 8.77. The van der Waals surface area contributed by atoms with Gasteiger partial charge in [0.1, 0.15) is 17.7 Å². The van der Waals surface area contributed by atoms with Crippen molar-refractivity contribution in [2.75, 3.05) is 13.2 Å². The molecular weight excluding hydrogens is 324 g/mol. The highest BCUT2D eigenvalue weighted by Crippen LogP contribution is 2.55. The third-order valence-electron chi connectivity index (χ3n) is 4.37. The number of hydrogen-bond acceptors (Lipinski definition) is 5. The fourth-order valence-electron chi connectivity index (χ4n) is 3.18. The van der Waals surface area contributed by atoms with E-state index in [0.717, 1.165) is 10.5 Å². The van der Waals surface area contributed by atoms with Gasteiger partial charge in [0.15, 0.2) is 0 Å². The molecule has 2 saturated heterocycles. The van der Waals surface area contributed by atoms with Crippen molar-refractivity contribution in [2.45, 2.75) is 44.9 Å². The Morgan fingerprint density at radius 2 is 1.88 bits per heavy atom. The van der Waals surface area contributed by atoms with E-state index in [0.29, 0.717) is 0 Å². The lowest BCUT2D eigenvalue weighted by Crippen LogP contribution is -2.44. The quantitative estimate of drug-likeness (QED) is 0.770. The van der Waals surface area contributed by atoms with Crippen LogP contribution in [0.4, 0.5) is 9.59 Å². The Labute approximate surface area is 146 Å². The zero-order valence-corrected chi connectivity index (χ0v) is 14.8. The fraction of sp³-hybridized carbons (Fsp3) is 0.500. The summed E-state index contributed by atoms with van der Waals surface area (Å²) in [5.74, 6) is -0.449. The maximum Gasteiger partial charge on any atom is 0.416 e. The summed E-state index contributed by atoms with van der Waals surface area (Å²) in [7, 11) is 0. The molecule has 0 radical (unpaired) electrons. The van der Waals surface area contributed by atoms with Crippen LogP contribution in [0.5, 0.6) is 0 Å². The Kier molecular flexibility index (Phi) is 3.97. The molecule has 25 heavy (non-hydrogen) atoms. The van der Waals surface area contributed by atoms with Crippen LogP contribution in [0.25, 0.3) is 0 Å². The molecular formula is C18H22N2O5. The Bertz CT molecular complexity index is 712. The third kappa shape index (κ3) is 2.94. The van der Waals surface area contributed by atoms with Gasteiger partial charge in [0.05, 0.1) is 12.6 Å². The lowest BCUT2D eigenvalue weighted by molar-refractivity contribution is -0.131. The van der Waals surface area contributed by atoms with Gasteiger partial charge >= 0.3 is 12.2 Å². The van der Waals surface area contributed by atoms with Gasteiger partial charge < -0.3 is 9.47 Å². The SMILES string of the molecule is CC(C)(C)OC(=O)N1C(c2ccccc2)C1(C)C(=O)N1CCOC1=O. The van der Waals surface area contributed by atoms with Crippen molar-refractivity contribution in [1.82, 2.24) is 9.80 Å². The largest absolute Gasteiger partial charge is 0.447 e. The topological polar surface area (TPSA) is 75.9 Å². The summed E-state index contributed by atoms with van der Waals surface area (Å²) in [6.07, 6.45) is -1.25. The molecule has 2 atom stereocenters. The second-order valence-corrected chi connectivity index (χ2v) is 7.38. The van der Waals surface area contributed by atoms with Crippen molar-refractivity contribution in [3.05, 3.63) is 35.9 Å². The third-order valence-corrected chi connectivity index (χ3v) is 4.37. The van der Waals surface area contributed by atoms with Crippen molar-refractivity contribution in [2.24, 2.45) is 0 Å². The van der Waals surface area contributed by atoms with E-state index < -0.39 is 35.3 Å². The Morgan fingerprint density at radius 3 is 2.40 bits per heavy atom. The van der Waals surface area contributed by atoms with Crippen LogP contribution in [0.1, 0.15) is 39.3 Å². The molecule has 0 spiro atoms. The molecule has 0 aliphatic carbocycles. The highest BCUT2D eigenvalue weighted by molar-refractivity contribution is 6.03. The maximum absolute atomic E-state index is 13.0. The molecule has 2 fully saturated rings. The average Bonchev–Trinajstić information content (AvgIpc) is 2.96. The molecule has 134 valence electrons. The first-order valence-electron chi connectivity index (χ1n) is 8.22. The second-order valence-electron chi connectivity index (χ2n) is 7.38. The summed E-state index contributed by atoms with van der Waals surface area (Å²) >= 11 is 0. The molecule has 0 saturated carbocycles. The van der Waals surface area contributed by atoms with E-state index in [1.165, 1.54) is 4.90 Å². The van der Waals surface area contributed by atoms with Crippen molar-refractivity contribution in [1.29, 1.82) is 0 Å². The van der Waals surface area contributed by atoms with Gasteiger partial charge in [-0.3, -0.25) is 9.69 Å². The zero-order valence-electron chi connectivity index (χ0n) is 14.8. The number of carbonyl (C=O) groups excluding carboxylic acids is 3. The molecule has 1 aromatic rings. The predicted octanol–water partition coefficient (Wildman–Crippen LogP) is 2.72. The minimum Gasteiger partial charge on any atom is -0.447 e. The van der Waals surface area contributed by atoms with Crippen LogP contribution in [0.2, 0.25) is 0 Å². The molecule has 2 heterocycles. The van der Waals surface area contributed by atoms with E-state index in [9.17, 15) is 14.4 Å². The molecule has 0 N–H and O–H groups in total. The molecule has 7 heteroatoms. The number of hydrogen-bond donors (Lipinski definition) is 0. The molecule has 7 nitrogen and oxygen atoms in total. The summed E-state index contributed by atoms with van der Waals surface area (Å²) in [6.45, 7) is 7.32. The number of nitrogens with zero attached hydrogens (tertiary/aromatic N) is 2. The van der Waals surface area contributed by atoms with Crippen LogP contribution < -0.4 is 0 Å². The minimum absolute atomic E-state index is 0.170. The van der Waals surface area contributed by atoms with Gasteiger partial charge in [0, 0.05) is 0 Å². The van der Waals surface area contributed by atoms with Gasteiger partial charge in [0.25, 0.3) is 5.91 Å². The summed E-state index contributed by atoms with van der Waals surface area (Å²) in [5.41, 5.74) is -1.04. The van der Waals surface area contributed by atoms with Crippen LogP contribution in [0, 0.1) is 0 Å². The van der Waals surface area contributed by atoms with Crippen LogP contribution in [-0.4, -0.2) is 52.2 Å². The Balaban J connectivity index is 1.92. The number of rotatable bonds is 2. The maximum atomic E-state index is 13.0. The first kappa shape index (κ1) is 17.3. The summed E-state index contributed by atoms with van der Waals surface area (Å²) < 4.78 is 10.3. The number of ether oxygens (including phenoxy) is 2. The van der Waals surface area contributed by atoms with Crippen molar-refractivity contribution < 1.29 is 23.9 Å². The van der Waals surface area contributed by atoms with Crippen molar-refractivity contribution in [3.63, 3.8) is 0 Å². The molecule has 0 bridgehead atoms. The number of benzene rings is 1. The average molecular weight is 346 g/mol. The zero-order chi connectivity index (χ0) is 18.4. The number of carbonyl (C=O) groups is 3. The molecule has 2 aliphatic heterocycles. The highest BCUT2D eigenvalue weighted by Gasteiger charge is 2.70. The second kappa shape index (κ2) is 5.75. The van der Waals surface area contributed by atoms with Crippen LogP contribution >= 0.6 is 0 Å². The standard InChI is InChI=1S/C18H22N2O5/c1-17(2,3)25-16(23)20-13(12-8-6-5-7-9-12)18(20,4)14(21)19-10-11-24-15(19)22/h5-9,13H,10-11H2,1-4H3. The predicted molar refractivity (Wildman–Crippen MR) is 88.7 cm³/mol. The van der Waals surface area contributed by atoms with Gasteiger partial charge in [-0.1, -0.05) is 30.3 Å². The molecule has 1 aromatic carbocycles. The summed E-state index contributed by atoms with van der Waals surface area (Å²) in [4.78, 5) is 39.9. The normalized spacial score (nSPS) is 25.6. The van der Waals surface area contributed by atoms with Crippen LogP contribution in [-0.2, 0) is 14.3 Å². The lowest BCUT2D eigenvalue weighted by Gasteiger charge is -2.22. The molecule has 2 aliphatic rings. The fourth-order valence-corrected chi connectivity index (χ4v) is 3.18. The first-order valence-corrected chi connectivity index (χ1v) is 8.22. The van der Waals surface area contributed by atoms with Crippen LogP contribution in [0.15, 0.2) is 30.3 Å². The first-order chi connectivity index (χ1) is 11.7. The lowest BCUT2D eigenvalue weighted by atomic mass is 10.00. The molecule has 3 rings (SSSR count). The van der Waals surface area contributed by atoms with E-state index in [-0.39, 0.29) is 13.2 Å². The number of imide groups is 1. The Hall–Kier alpha value is -2.57. The van der Waals surface area contributed by atoms with Crippen molar-refractivity contribution >= 4 is 18.1 Å². The number of amides is 3. The van der Waals surface area contributed by atoms with Crippen LogP contribution in [0.3, 0.4) is 0 Å². The van der Waals surface area contributed by atoms with Crippen molar-refractivity contribution in [3.8, 4) is 0 Å². The molecule has 2 unspecified atom stereocenters. The highest BCUT2D eigenvalue weighted by atomic mass is 16.6. The van der Waals surface area contributed by atoms with E-state index >= 15 is 0 Å². The van der Waals surface area contributed by atoms with E-state index in [2.05, 4.69) is 0 Å². The van der Waals surface area contributed by atoms with Gasteiger partial charge in [-0.05, 0) is 33.3 Å². The monoisotopic (exact) mass is 346 g/mol. The van der Waals surface area contributed by atoms with Gasteiger partial charge in [-0.25, -0.2) is 14.5 Å². The van der Waals surface area contributed by atoms with Gasteiger partial charge in [0.2, 0.25) is 0 Å². The molecule has 3 amide bonds.